The normalized spacial score (nSPS) is 37.1. The molecule has 2 bridgehead atoms. The molecule has 2 saturated heterocycles. The van der Waals surface area contributed by atoms with E-state index in [9.17, 15) is 14.3 Å². The Kier molecular flexibility index (Phi) is 3.22. The van der Waals surface area contributed by atoms with Crippen LogP contribution >= 0.6 is 0 Å². The Labute approximate surface area is 108 Å². The van der Waals surface area contributed by atoms with Crippen molar-refractivity contribution in [3.63, 3.8) is 0 Å². The summed E-state index contributed by atoms with van der Waals surface area (Å²) >= 11 is 0. The van der Waals surface area contributed by atoms with Gasteiger partial charge in [0.05, 0.1) is 12.2 Å². The van der Waals surface area contributed by atoms with Crippen molar-refractivity contribution in [2.24, 2.45) is 0 Å². The highest BCUT2D eigenvalue weighted by Crippen LogP contribution is 2.32. The van der Waals surface area contributed by atoms with Crippen molar-refractivity contribution < 1.29 is 28.5 Å². The number of ether oxygens (including phenoxy) is 3. The first-order valence-corrected chi connectivity index (χ1v) is 6.02. The van der Waals surface area contributed by atoms with Crippen LogP contribution in [0.5, 0.6) is 0 Å². The lowest BCUT2D eigenvalue weighted by molar-refractivity contribution is -0.215. The van der Waals surface area contributed by atoms with Gasteiger partial charge in [0.15, 0.2) is 18.6 Å². The van der Waals surface area contributed by atoms with Crippen LogP contribution in [0, 0.1) is 0 Å². The molecule has 2 aliphatic heterocycles. The zero-order chi connectivity index (χ0) is 13.4. The number of aliphatic hydroxyl groups is 1. The van der Waals surface area contributed by atoms with Crippen LogP contribution in [-0.4, -0.2) is 48.5 Å². The summed E-state index contributed by atoms with van der Waals surface area (Å²) in [5.74, 6) is -0.644. The molecule has 0 radical (unpaired) electrons. The summed E-state index contributed by atoms with van der Waals surface area (Å²) in [7, 11) is 0. The Morgan fingerprint density at radius 1 is 1.37 bits per heavy atom. The fourth-order valence-corrected chi connectivity index (χ4v) is 2.23. The second kappa shape index (κ2) is 4.88. The first-order chi connectivity index (χ1) is 9.16. The van der Waals surface area contributed by atoms with E-state index in [1.54, 1.807) is 30.3 Å². The van der Waals surface area contributed by atoms with Gasteiger partial charge >= 0.3 is 5.97 Å². The maximum atomic E-state index is 13.7. The van der Waals surface area contributed by atoms with E-state index in [1.165, 1.54) is 0 Å². The van der Waals surface area contributed by atoms with Crippen LogP contribution in [0.3, 0.4) is 0 Å². The van der Waals surface area contributed by atoms with Gasteiger partial charge in [-0.05, 0) is 12.1 Å². The summed E-state index contributed by atoms with van der Waals surface area (Å²) < 4.78 is 29.2. The number of fused-ring (bicyclic) bond motifs is 2. The maximum Gasteiger partial charge on any atom is 0.338 e. The van der Waals surface area contributed by atoms with Gasteiger partial charge in [-0.15, -0.1) is 0 Å². The minimum atomic E-state index is -1.62. The van der Waals surface area contributed by atoms with Gasteiger partial charge in [-0.2, -0.15) is 0 Å². The number of esters is 1. The summed E-state index contributed by atoms with van der Waals surface area (Å²) in [6, 6.07) is 8.28. The molecule has 1 aromatic rings. The molecular formula is C13H13FO5. The lowest BCUT2D eigenvalue weighted by Gasteiger charge is -2.33. The van der Waals surface area contributed by atoms with Crippen molar-refractivity contribution in [1.82, 2.24) is 0 Å². The number of hydrogen-bond donors (Lipinski definition) is 1. The fourth-order valence-electron chi connectivity index (χ4n) is 2.23. The quantitative estimate of drug-likeness (QED) is 0.798. The van der Waals surface area contributed by atoms with E-state index >= 15 is 0 Å². The van der Waals surface area contributed by atoms with E-state index < -0.39 is 36.7 Å². The molecule has 0 aromatic heterocycles. The number of alkyl halides is 1. The molecule has 102 valence electrons. The monoisotopic (exact) mass is 268 g/mol. The predicted molar refractivity (Wildman–Crippen MR) is 61.2 cm³/mol. The van der Waals surface area contributed by atoms with Crippen LogP contribution in [0.4, 0.5) is 4.39 Å². The minimum absolute atomic E-state index is 0.0578. The molecule has 0 aliphatic carbocycles. The third kappa shape index (κ3) is 2.22. The average molecular weight is 268 g/mol. The minimum Gasteiger partial charge on any atom is -0.450 e. The molecule has 0 spiro atoms. The van der Waals surface area contributed by atoms with Crippen molar-refractivity contribution >= 4 is 5.97 Å². The molecular weight excluding hydrogens is 255 g/mol. The molecule has 5 nitrogen and oxygen atoms in total. The maximum absolute atomic E-state index is 13.7. The van der Waals surface area contributed by atoms with Crippen LogP contribution < -0.4 is 0 Å². The number of hydrogen-bond acceptors (Lipinski definition) is 5. The van der Waals surface area contributed by atoms with Crippen LogP contribution in [0.15, 0.2) is 30.3 Å². The number of rotatable bonds is 2. The van der Waals surface area contributed by atoms with Crippen molar-refractivity contribution in [2.45, 2.75) is 30.8 Å². The van der Waals surface area contributed by atoms with Crippen LogP contribution in [0.25, 0.3) is 0 Å². The molecule has 6 heteroatoms. The molecule has 2 fully saturated rings. The highest BCUT2D eigenvalue weighted by molar-refractivity contribution is 5.89. The van der Waals surface area contributed by atoms with Crippen LogP contribution in [0.1, 0.15) is 10.4 Å². The number of aliphatic hydroxyl groups excluding tert-OH is 1. The number of carbonyl (C=O) groups is 1. The highest BCUT2D eigenvalue weighted by atomic mass is 19.1. The van der Waals surface area contributed by atoms with Crippen LogP contribution in [-0.2, 0) is 14.2 Å². The number of carbonyl (C=O) groups excluding carboxylic acids is 1. The average Bonchev–Trinajstić information content (AvgIpc) is 2.89. The second-order valence-corrected chi connectivity index (χ2v) is 4.55. The number of halogens is 1. The van der Waals surface area contributed by atoms with Gasteiger partial charge in [0, 0.05) is 0 Å². The van der Waals surface area contributed by atoms with E-state index in [2.05, 4.69) is 0 Å². The van der Waals surface area contributed by atoms with Gasteiger partial charge in [-0.3, -0.25) is 0 Å². The SMILES string of the molecule is O=C(O[C@H]1[C@@H]2OC[C@@H](O2)[C@@H](F)[C@@H]1O)c1ccccc1. The second-order valence-electron chi connectivity index (χ2n) is 4.55. The van der Waals surface area contributed by atoms with Crippen molar-refractivity contribution in [3.8, 4) is 0 Å². The lowest BCUT2D eigenvalue weighted by atomic mass is 10.0. The Hall–Kier alpha value is -1.50. The van der Waals surface area contributed by atoms with Gasteiger partial charge < -0.3 is 19.3 Å². The topological polar surface area (TPSA) is 65.0 Å². The highest BCUT2D eigenvalue weighted by Gasteiger charge is 2.52. The van der Waals surface area contributed by atoms with Gasteiger partial charge in [0.1, 0.15) is 12.2 Å². The number of benzene rings is 1. The molecule has 2 aliphatic rings. The summed E-state index contributed by atoms with van der Waals surface area (Å²) in [6.45, 7) is 0.0578. The molecule has 19 heavy (non-hydrogen) atoms. The third-order valence-electron chi connectivity index (χ3n) is 3.27. The van der Waals surface area contributed by atoms with E-state index in [-0.39, 0.29) is 6.61 Å². The molecule has 0 saturated carbocycles. The summed E-state index contributed by atoms with van der Waals surface area (Å²) in [4.78, 5) is 11.9. The van der Waals surface area contributed by atoms with Gasteiger partial charge in [-0.25, -0.2) is 9.18 Å². The molecule has 2 heterocycles. The first-order valence-electron chi connectivity index (χ1n) is 6.02. The molecule has 0 amide bonds. The zero-order valence-corrected chi connectivity index (χ0v) is 9.94. The third-order valence-corrected chi connectivity index (χ3v) is 3.27. The smallest absolute Gasteiger partial charge is 0.338 e. The van der Waals surface area contributed by atoms with Crippen LogP contribution in [0.2, 0.25) is 0 Å². The van der Waals surface area contributed by atoms with Crippen molar-refractivity contribution in [2.75, 3.05) is 6.61 Å². The van der Waals surface area contributed by atoms with E-state index in [4.69, 9.17) is 14.2 Å². The first kappa shape index (κ1) is 12.5. The summed E-state index contributed by atoms with van der Waals surface area (Å²) in [5.41, 5.74) is 0.324. The van der Waals surface area contributed by atoms with E-state index in [1.807, 2.05) is 0 Å². The van der Waals surface area contributed by atoms with Gasteiger partial charge in [0.2, 0.25) is 0 Å². The zero-order valence-electron chi connectivity index (χ0n) is 9.94. The Morgan fingerprint density at radius 3 is 2.84 bits per heavy atom. The summed E-state index contributed by atoms with van der Waals surface area (Å²) in [5, 5.41) is 9.80. The van der Waals surface area contributed by atoms with Gasteiger partial charge in [-0.1, -0.05) is 18.2 Å². The fraction of sp³-hybridized carbons (Fsp3) is 0.462. The Bertz CT molecular complexity index is 465. The largest absolute Gasteiger partial charge is 0.450 e. The van der Waals surface area contributed by atoms with E-state index in [0.717, 1.165) is 0 Å². The molecule has 1 N–H and O–H groups in total. The molecule has 3 rings (SSSR count). The summed E-state index contributed by atoms with van der Waals surface area (Å²) in [6.07, 6.45) is -5.89. The van der Waals surface area contributed by atoms with Gasteiger partial charge in [0.25, 0.3) is 0 Å². The Morgan fingerprint density at radius 2 is 2.11 bits per heavy atom. The molecule has 0 unspecified atom stereocenters. The predicted octanol–water partition coefficient (Wildman–Crippen LogP) is 0.666. The lowest BCUT2D eigenvalue weighted by Crippen LogP contribution is -2.53. The molecule has 5 atom stereocenters. The van der Waals surface area contributed by atoms with E-state index in [0.29, 0.717) is 5.56 Å². The van der Waals surface area contributed by atoms with Crippen molar-refractivity contribution in [3.05, 3.63) is 35.9 Å². The standard InChI is InChI=1S/C13H13FO5/c14-9-8-6-17-13(18-8)11(10(9)15)19-12(16)7-4-2-1-3-5-7/h1-5,8-11,13,15H,6H2/t8-,9-,10+,11-,13-/m1/s1. The van der Waals surface area contributed by atoms with Crippen molar-refractivity contribution in [1.29, 1.82) is 0 Å². The Balaban J connectivity index is 1.74. The molecule has 1 aromatic carbocycles.